The first-order chi connectivity index (χ1) is 1.00. The molecule has 0 aliphatic rings. The first kappa shape index (κ1) is 16.2. The monoisotopic (exact) mass is 264 g/mol. The van der Waals surface area contributed by atoms with Crippen LogP contribution in [-0.4, -0.2) is 79.0 Å². The molecule has 0 fully saturated rings. The van der Waals surface area contributed by atoms with Crippen LogP contribution in [-0.2, 0) is 3.83 Å². The SMILES string of the molecule is O=[Se].[GeH4].[SrH2]. The van der Waals surface area contributed by atoms with Crippen LogP contribution < -0.4 is 0 Å². The summed E-state index contributed by atoms with van der Waals surface area (Å²) in [5.74, 6) is 0. The molecule has 4 heteroatoms. The van der Waals surface area contributed by atoms with Crippen molar-refractivity contribution in [2.75, 3.05) is 0 Å². The molecule has 0 unspecified atom stereocenters. The number of rotatable bonds is 0. The van der Waals surface area contributed by atoms with Crippen LogP contribution in [0.4, 0.5) is 0 Å². The zero-order valence-electron chi connectivity index (χ0n) is 0.816. The number of hydrogen-bond acceptors (Lipinski definition) is 1. The molecule has 4 heavy (non-hydrogen) atoms. The molecule has 0 bridgehead atoms. The molecule has 0 amide bonds. The fourth-order valence-corrected chi connectivity index (χ4v) is 0. The van der Waals surface area contributed by atoms with Gasteiger partial charge in [-0.05, 0) is 0 Å². The summed E-state index contributed by atoms with van der Waals surface area (Å²) in [4.78, 5) is 0. The van der Waals surface area contributed by atoms with Crippen molar-refractivity contribution < 1.29 is 3.83 Å². The predicted octanol–water partition coefficient (Wildman–Crippen LogP) is -2.87. The Morgan fingerprint density at radius 1 is 1.25 bits per heavy atom. The van der Waals surface area contributed by atoms with Crippen LogP contribution in [0, 0.1) is 0 Å². The Bertz CT molecular complexity index is 8.00. The first-order valence-electron chi connectivity index (χ1n) is 0.167. The predicted molar refractivity (Wildman–Crippen MR) is 26.3 cm³/mol. The number of hydrogen-bond donors (Lipinski definition) is 0. The molecule has 0 spiro atoms. The van der Waals surface area contributed by atoms with E-state index in [1.807, 2.05) is 0 Å². The van der Waals surface area contributed by atoms with Crippen molar-refractivity contribution in [3.8, 4) is 0 Å². The van der Waals surface area contributed by atoms with Crippen molar-refractivity contribution >= 4 is 79.0 Å². The van der Waals surface area contributed by atoms with E-state index in [0.29, 0.717) is 0 Å². The van der Waals surface area contributed by atoms with Crippen LogP contribution in [0.5, 0.6) is 0 Å². The maximum atomic E-state index is 8.12. The molecule has 0 atom stereocenters. The summed E-state index contributed by atoms with van der Waals surface area (Å²) in [6.45, 7) is 0. The van der Waals surface area contributed by atoms with E-state index in [2.05, 4.69) is 0 Å². The van der Waals surface area contributed by atoms with Gasteiger partial charge in [0.05, 0.1) is 0 Å². The van der Waals surface area contributed by atoms with E-state index in [0.717, 1.165) is 0 Å². The van der Waals surface area contributed by atoms with E-state index < -0.39 is 0 Å². The van der Waals surface area contributed by atoms with Gasteiger partial charge in [-0.3, -0.25) is 0 Å². The second-order valence-electron chi connectivity index (χ2n) is 0. The van der Waals surface area contributed by atoms with E-state index in [1.165, 1.54) is 15.9 Å². The van der Waals surface area contributed by atoms with Gasteiger partial charge in [-0.25, -0.2) is 0 Å². The molecule has 0 aromatic carbocycles. The second-order valence-corrected chi connectivity index (χ2v) is 0. The van der Waals surface area contributed by atoms with Crippen LogP contribution in [0.1, 0.15) is 0 Å². The van der Waals surface area contributed by atoms with Crippen molar-refractivity contribution in [2.45, 2.75) is 0 Å². The second kappa shape index (κ2) is 18.4. The van der Waals surface area contributed by atoms with Crippen molar-refractivity contribution in [3.05, 3.63) is 0 Å². The first-order valence-corrected chi connectivity index (χ1v) is 0.866. The topological polar surface area (TPSA) is 17.1 Å². The molecule has 0 rings (SSSR count). The van der Waals surface area contributed by atoms with Gasteiger partial charge >= 0.3 is 82.9 Å². The minimum atomic E-state index is 0. The van der Waals surface area contributed by atoms with E-state index in [9.17, 15) is 0 Å². The van der Waals surface area contributed by atoms with Crippen molar-refractivity contribution in [3.63, 3.8) is 0 Å². The normalized spacial score (nSPS) is 1.00. The molecule has 24 valence electrons. The Hall–Kier alpha value is 2.34. The average molecular weight is 261 g/mol. The molecule has 0 heterocycles. The quantitative estimate of drug-likeness (QED) is 0.429. The fourth-order valence-electron chi connectivity index (χ4n) is 0. The molecule has 1 nitrogen and oxygen atoms in total. The standard InChI is InChI=1S/GeH4.OSe.Sr.2H/c;1-2;;;/h1H4;;;;. The summed E-state index contributed by atoms with van der Waals surface area (Å²) >= 11 is 1.38. The summed E-state index contributed by atoms with van der Waals surface area (Å²) < 4.78 is 8.12. The van der Waals surface area contributed by atoms with E-state index in [4.69, 9.17) is 3.83 Å². The Labute approximate surface area is 81.2 Å². The average Bonchev–Trinajstić information content (AvgIpc) is 1.00. The van der Waals surface area contributed by atoms with Crippen molar-refractivity contribution in [1.29, 1.82) is 0 Å². The van der Waals surface area contributed by atoms with Gasteiger partial charge in [0.25, 0.3) is 0 Å². The maximum absolute atomic E-state index is 8.12. The fraction of sp³-hybridized carbons (Fsp3) is 0. The molecule has 0 N–H and O–H groups in total. The molecule has 0 saturated carbocycles. The van der Waals surface area contributed by atoms with Gasteiger partial charge in [0.1, 0.15) is 0 Å². The van der Waals surface area contributed by atoms with Crippen LogP contribution in [0.15, 0.2) is 0 Å². The van der Waals surface area contributed by atoms with Crippen LogP contribution in [0.2, 0.25) is 0 Å². The summed E-state index contributed by atoms with van der Waals surface area (Å²) in [5, 5.41) is 0. The van der Waals surface area contributed by atoms with Crippen molar-refractivity contribution in [1.82, 2.24) is 0 Å². The Balaban J connectivity index is -0.00000000500. The van der Waals surface area contributed by atoms with Crippen LogP contribution in [0.3, 0.4) is 0 Å². The van der Waals surface area contributed by atoms with Gasteiger partial charge in [-0.2, -0.15) is 0 Å². The molecule has 0 saturated heterocycles. The van der Waals surface area contributed by atoms with Gasteiger partial charge in [0.2, 0.25) is 0 Å². The van der Waals surface area contributed by atoms with Crippen LogP contribution >= 0.6 is 0 Å². The summed E-state index contributed by atoms with van der Waals surface area (Å²) in [6.07, 6.45) is 0. The third-order valence-corrected chi connectivity index (χ3v) is 0. The Morgan fingerprint density at radius 3 is 1.25 bits per heavy atom. The summed E-state index contributed by atoms with van der Waals surface area (Å²) in [6, 6.07) is 0. The molecule has 0 radical (unpaired) electrons. The Morgan fingerprint density at radius 2 is 1.25 bits per heavy atom. The van der Waals surface area contributed by atoms with E-state index in [1.54, 1.807) is 0 Å². The minimum absolute atomic E-state index is 0. The zero-order chi connectivity index (χ0) is 2.00. The molecule has 0 aliphatic heterocycles. The third kappa shape index (κ3) is 8.84. The van der Waals surface area contributed by atoms with Gasteiger partial charge in [-0.15, -0.1) is 0 Å². The van der Waals surface area contributed by atoms with E-state index in [-0.39, 0.29) is 63.1 Å². The molecule has 0 aromatic rings. The zero-order valence-corrected chi connectivity index (χ0v) is 2.53. The van der Waals surface area contributed by atoms with Crippen molar-refractivity contribution in [2.24, 2.45) is 0 Å². The molecule has 0 aromatic heterocycles. The summed E-state index contributed by atoms with van der Waals surface area (Å²) in [7, 11) is 0. The van der Waals surface area contributed by atoms with Gasteiger partial charge < -0.3 is 0 Å². The molecular weight excluding hydrogens is 255 g/mol. The molecule has 0 aliphatic carbocycles. The van der Waals surface area contributed by atoms with Gasteiger partial charge in [0, 0.05) is 0 Å². The van der Waals surface area contributed by atoms with Crippen LogP contribution in [0.25, 0.3) is 0 Å². The van der Waals surface area contributed by atoms with Gasteiger partial charge in [0.15, 0.2) is 0 Å². The van der Waals surface area contributed by atoms with E-state index >= 15 is 0 Å². The molecular formula is H6GeOSeSr. The third-order valence-electron chi connectivity index (χ3n) is 0. The summed E-state index contributed by atoms with van der Waals surface area (Å²) in [5.41, 5.74) is 0. The van der Waals surface area contributed by atoms with Gasteiger partial charge in [-0.1, -0.05) is 0 Å². The Kier molecular flexibility index (Phi) is 74.4.